The Hall–Kier alpha value is -4.39. The van der Waals surface area contributed by atoms with Crippen molar-refractivity contribution in [3.8, 4) is 17.1 Å². The van der Waals surface area contributed by atoms with E-state index >= 15 is 0 Å². The average Bonchev–Trinajstić information content (AvgIpc) is 3.79. The Morgan fingerprint density at radius 2 is 1.78 bits per heavy atom. The number of hydrogen-bond acceptors (Lipinski definition) is 9. The molecule has 0 aliphatic carbocycles. The van der Waals surface area contributed by atoms with Crippen LogP contribution in [0.15, 0.2) is 47.1 Å². The smallest absolute Gasteiger partial charge is 0.410 e. The number of ether oxygens (including phenoxy) is 2. The average molecular weight is 693 g/mol. The number of β-amino-alcohol motifs (C(OH)–C–C–N with tert-alkyl or cyclic N) is 1. The van der Waals surface area contributed by atoms with Crippen LogP contribution in [0.2, 0.25) is 0 Å². The summed E-state index contributed by atoms with van der Waals surface area (Å²) >= 11 is 0. The van der Waals surface area contributed by atoms with Crippen LogP contribution < -0.4 is 10.1 Å². The minimum absolute atomic E-state index is 0.0457. The number of piperidine rings is 1. The van der Waals surface area contributed by atoms with Crippen molar-refractivity contribution in [1.29, 1.82) is 0 Å². The summed E-state index contributed by atoms with van der Waals surface area (Å²) in [5.41, 5.74) is 2.18. The van der Waals surface area contributed by atoms with Gasteiger partial charge in [-0.05, 0) is 68.8 Å². The van der Waals surface area contributed by atoms with Gasteiger partial charge in [-0.15, -0.1) is 0 Å². The standard InChI is InChI=1S/C37H52N6O7/c1-23(2)32(30-20-31(40-50-30)48-22-37(7)14-17-42(18-15-37)35(47)49-36(4,5)6)34(46)43-21-27(44)19-29(43)33(45)39-24(3)25-9-11-26(12-10-25)28-13-16-38-41(28)8/h9-13,16,20,23-24,27,29,32,44H,14-15,17-19,21-22H2,1-8H3,(H,39,45)/t24-,27+,29-,32+/m0/s1. The molecule has 0 unspecified atom stereocenters. The molecule has 0 spiro atoms. The lowest BCUT2D eigenvalue weighted by molar-refractivity contribution is -0.141. The quantitative estimate of drug-likeness (QED) is 0.297. The molecule has 2 N–H and O–H groups in total. The van der Waals surface area contributed by atoms with Gasteiger partial charge in [0.1, 0.15) is 17.6 Å². The van der Waals surface area contributed by atoms with E-state index in [-0.39, 0.29) is 54.1 Å². The number of rotatable bonds is 10. The number of benzene rings is 1. The minimum Gasteiger partial charge on any atom is -0.475 e. The molecule has 2 aliphatic heterocycles. The molecular weight excluding hydrogens is 640 g/mol. The Kier molecular flexibility index (Phi) is 10.9. The van der Waals surface area contributed by atoms with E-state index in [1.807, 2.05) is 78.9 Å². The van der Waals surface area contributed by atoms with E-state index in [1.54, 1.807) is 21.8 Å². The molecule has 2 saturated heterocycles. The Balaban J connectivity index is 1.19. The number of nitrogens with zero attached hydrogens (tertiary/aromatic N) is 5. The van der Waals surface area contributed by atoms with Crippen LogP contribution >= 0.6 is 0 Å². The summed E-state index contributed by atoms with van der Waals surface area (Å²) in [7, 11) is 1.89. The van der Waals surface area contributed by atoms with Crippen LogP contribution in [0.3, 0.4) is 0 Å². The molecule has 0 radical (unpaired) electrons. The van der Waals surface area contributed by atoms with Crippen molar-refractivity contribution in [3.63, 3.8) is 0 Å². The fourth-order valence-electron chi connectivity index (χ4n) is 6.65. The zero-order chi connectivity index (χ0) is 36.4. The lowest BCUT2D eigenvalue weighted by atomic mass is 9.81. The minimum atomic E-state index is -0.833. The van der Waals surface area contributed by atoms with Gasteiger partial charge in [-0.3, -0.25) is 14.3 Å². The van der Waals surface area contributed by atoms with Gasteiger partial charge in [0.25, 0.3) is 5.88 Å². The van der Waals surface area contributed by atoms with Crippen molar-refractivity contribution in [2.75, 3.05) is 26.2 Å². The molecule has 3 aromatic rings. The van der Waals surface area contributed by atoms with Crippen LogP contribution in [0.4, 0.5) is 4.79 Å². The van der Waals surface area contributed by atoms with Gasteiger partial charge in [-0.2, -0.15) is 5.10 Å². The molecule has 0 bridgehead atoms. The zero-order valence-corrected chi connectivity index (χ0v) is 30.5. The second-order valence-corrected chi connectivity index (χ2v) is 15.4. The van der Waals surface area contributed by atoms with Crippen molar-refractivity contribution in [2.24, 2.45) is 18.4 Å². The highest BCUT2D eigenvalue weighted by molar-refractivity contribution is 5.91. The van der Waals surface area contributed by atoms with Crippen molar-refractivity contribution in [3.05, 3.63) is 53.9 Å². The largest absolute Gasteiger partial charge is 0.475 e. The topological polar surface area (TPSA) is 152 Å². The number of carbonyl (C=O) groups is 3. The van der Waals surface area contributed by atoms with Crippen molar-refractivity contribution >= 4 is 17.9 Å². The molecule has 2 aliphatic rings. The summed E-state index contributed by atoms with van der Waals surface area (Å²) in [5.74, 6) is -0.941. The van der Waals surface area contributed by atoms with Crippen LogP contribution in [0.25, 0.3) is 11.3 Å². The van der Waals surface area contributed by atoms with Gasteiger partial charge in [-0.25, -0.2) is 4.79 Å². The van der Waals surface area contributed by atoms with E-state index in [9.17, 15) is 19.5 Å². The third-order valence-electron chi connectivity index (χ3n) is 9.69. The number of hydrogen-bond donors (Lipinski definition) is 2. The summed E-state index contributed by atoms with van der Waals surface area (Å²) in [6, 6.07) is 10.3. The van der Waals surface area contributed by atoms with Gasteiger partial charge in [-0.1, -0.05) is 45.0 Å². The van der Waals surface area contributed by atoms with Crippen LogP contribution in [-0.4, -0.2) is 91.7 Å². The van der Waals surface area contributed by atoms with Crippen LogP contribution in [0.1, 0.15) is 91.0 Å². The van der Waals surface area contributed by atoms with Crippen molar-refractivity contribution in [1.82, 2.24) is 30.1 Å². The number of aliphatic hydroxyl groups excluding tert-OH is 1. The third kappa shape index (κ3) is 8.66. The predicted octanol–water partition coefficient (Wildman–Crippen LogP) is 5.07. The van der Waals surface area contributed by atoms with E-state index in [4.69, 9.17) is 14.0 Å². The molecular formula is C37H52N6O7. The highest BCUT2D eigenvalue weighted by atomic mass is 16.6. The summed E-state index contributed by atoms with van der Waals surface area (Å²) in [4.78, 5) is 43.4. The molecule has 4 atom stereocenters. The predicted molar refractivity (Wildman–Crippen MR) is 186 cm³/mol. The first-order valence-corrected chi connectivity index (χ1v) is 17.5. The van der Waals surface area contributed by atoms with Gasteiger partial charge in [0.2, 0.25) is 11.8 Å². The highest BCUT2D eigenvalue weighted by Crippen LogP contribution is 2.35. The van der Waals surface area contributed by atoms with Crippen LogP contribution in [0, 0.1) is 11.3 Å². The van der Waals surface area contributed by atoms with Gasteiger partial charge in [0.15, 0.2) is 5.76 Å². The van der Waals surface area contributed by atoms with Crippen LogP contribution in [-0.2, 0) is 21.4 Å². The number of aliphatic hydroxyl groups is 1. The normalized spacial score (nSPS) is 20.4. The van der Waals surface area contributed by atoms with Gasteiger partial charge in [0.05, 0.1) is 24.4 Å². The Morgan fingerprint density at radius 3 is 2.38 bits per heavy atom. The second-order valence-electron chi connectivity index (χ2n) is 15.4. The van der Waals surface area contributed by atoms with E-state index < -0.39 is 23.7 Å². The molecule has 4 heterocycles. The van der Waals surface area contributed by atoms with Crippen molar-refractivity contribution in [2.45, 2.75) is 97.4 Å². The maximum absolute atomic E-state index is 14.1. The monoisotopic (exact) mass is 692 g/mol. The molecule has 3 amide bonds. The van der Waals surface area contributed by atoms with E-state index in [0.717, 1.165) is 29.7 Å². The van der Waals surface area contributed by atoms with Gasteiger partial charge >= 0.3 is 6.09 Å². The zero-order valence-electron chi connectivity index (χ0n) is 30.5. The molecule has 1 aromatic carbocycles. The summed E-state index contributed by atoms with van der Waals surface area (Å²) in [5, 5.41) is 22.0. The molecule has 2 fully saturated rings. The number of aromatic nitrogens is 3. The number of nitrogens with one attached hydrogen (secondary N) is 1. The van der Waals surface area contributed by atoms with Gasteiger partial charge < -0.3 is 34.2 Å². The lowest BCUT2D eigenvalue weighted by Gasteiger charge is -2.39. The number of likely N-dealkylation sites (tertiary alicyclic amines) is 2. The molecule has 13 nitrogen and oxygen atoms in total. The first-order valence-electron chi connectivity index (χ1n) is 17.5. The van der Waals surface area contributed by atoms with E-state index in [0.29, 0.717) is 25.5 Å². The molecule has 0 saturated carbocycles. The molecule has 50 heavy (non-hydrogen) atoms. The fraction of sp³-hybridized carbons (Fsp3) is 0.595. The van der Waals surface area contributed by atoms with E-state index in [1.165, 1.54) is 4.90 Å². The summed E-state index contributed by atoms with van der Waals surface area (Å²) in [6.07, 6.45) is 2.23. The Labute approximate surface area is 294 Å². The fourth-order valence-corrected chi connectivity index (χ4v) is 6.65. The molecule has 272 valence electrons. The number of amides is 3. The van der Waals surface area contributed by atoms with Crippen molar-refractivity contribution < 1.29 is 33.5 Å². The maximum Gasteiger partial charge on any atom is 0.410 e. The molecule has 5 rings (SSSR count). The number of carbonyl (C=O) groups excluding carboxylic acids is 3. The number of aryl methyl sites for hydroxylation is 1. The first kappa shape index (κ1) is 36.9. The highest BCUT2D eigenvalue weighted by Gasteiger charge is 2.44. The summed E-state index contributed by atoms with van der Waals surface area (Å²) in [6.45, 7) is 14.9. The summed E-state index contributed by atoms with van der Waals surface area (Å²) < 4.78 is 19.0. The van der Waals surface area contributed by atoms with E-state index in [2.05, 4.69) is 22.5 Å². The Morgan fingerprint density at radius 1 is 1.10 bits per heavy atom. The van der Waals surface area contributed by atoms with Gasteiger partial charge in [0, 0.05) is 50.8 Å². The Bertz CT molecular complexity index is 1630. The first-order chi connectivity index (χ1) is 23.5. The second kappa shape index (κ2) is 14.8. The van der Waals surface area contributed by atoms with Crippen LogP contribution in [0.5, 0.6) is 5.88 Å². The third-order valence-corrected chi connectivity index (χ3v) is 9.69. The molecule has 2 aromatic heterocycles. The molecule has 13 heteroatoms. The lowest BCUT2D eigenvalue weighted by Crippen LogP contribution is -2.48. The SMILES string of the molecule is CC(C)[C@@H](C(=O)N1C[C@H](O)C[C@H]1C(=O)N[C@@H](C)c1ccc(-c2ccnn2C)cc1)c1cc(OCC2(C)CCN(C(=O)OC(C)(C)C)CC2)no1. The maximum atomic E-state index is 14.1.